The van der Waals surface area contributed by atoms with Crippen molar-refractivity contribution < 1.29 is 4.79 Å². The highest BCUT2D eigenvalue weighted by Gasteiger charge is 2.18. The van der Waals surface area contributed by atoms with E-state index >= 15 is 0 Å². The Morgan fingerprint density at radius 2 is 1.76 bits per heavy atom. The Morgan fingerprint density at radius 3 is 2.43 bits per heavy atom. The molecule has 1 aromatic carbocycles. The van der Waals surface area contributed by atoms with Crippen molar-refractivity contribution in [2.24, 2.45) is 5.92 Å². The van der Waals surface area contributed by atoms with Crippen molar-refractivity contribution in [2.45, 2.75) is 99.0 Å². The topological polar surface area (TPSA) is 49.6 Å². The molecule has 37 heavy (non-hydrogen) atoms. The number of pyridine rings is 1. The number of imidazole rings is 1. The number of nitrogens with one attached hydrogen (secondary N) is 1. The molecule has 5 heteroatoms. The fourth-order valence-electron chi connectivity index (χ4n) is 5.45. The summed E-state index contributed by atoms with van der Waals surface area (Å²) in [4.78, 5) is 20.3. The van der Waals surface area contributed by atoms with Crippen molar-refractivity contribution >= 4 is 17.2 Å². The van der Waals surface area contributed by atoms with Gasteiger partial charge in [0.2, 0.25) is 0 Å². The highest BCUT2D eigenvalue weighted by atomic mass is 16.1. The summed E-state index contributed by atoms with van der Waals surface area (Å²) in [5.41, 5.74) is 5.82. The number of amides is 1. The van der Waals surface area contributed by atoms with Crippen LogP contribution in [0.2, 0.25) is 0 Å². The Labute approximate surface area is 224 Å². The number of hydrogen-bond donors (Lipinski definition) is 1. The van der Waals surface area contributed by atoms with Gasteiger partial charge >= 0.3 is 0 Å². The largest absolute Gasteiger partial charge is 0.372 e. The summed E-state index contributed by atoms with van der Waals surface area (Å²) in [6, 6.07) is 12.7. The fourth-order valence-corrected chi connectivity index (χ4v) is 5.45. The molecule has 5 nitrogen and oxygen atoms in total. The quantitative estimate of drug-likeness (QED) is 0.257. The summed E-state index contributed by atoms with van der Waals surface area (Å²) >= 11 is 0. The normalized spacial score (nSPS) is 13.4. The van der Waals surface area contributed by atoms with Crippen molar-refractivity contribution in [3.8, 4) is 0 Å². The van der Waals surface area contributed by atoms with Gasteiger partial charge in [-0.2, -0.15) is 0 Å². The minimum atomic E-state index is -0.0705. The van der Waals surface area contributed by atoms with Gasteiger partial charge in [-0.05, 0) is 61.4 Å². The SMILES string of the molecule is CC.CCCN(CCCCC1CCCC1)c1ccc(CNC(=O)c2c(CC)nc3ccc(C)cn23)cc1. The highest BCUT2D eigenvalue weighted by Crippen LogP contribution is 2.29. The smallest absolute Gasteiger partial charge is 0.270 e. The van der Waals surface area contributed by atoms with Crippen LogP contribution < -0.4 is 10.2 Å². The van der Waals surface area contributed by atoms with Gasteiger partial charge < -0.3 is 10.2 Å². The molecule has 1 aliphatic carbocycles. The van der Waals surface area contributed by atoms with Gasteiger partial charge in [0.05, 0.1) is 5.69 Å². The second-order valence-electron chi connectivity index (χ2n) is 10.2. The maximum Gasteiger partial charge on any atom is 0.270 e. The molecule has 1 amide bonds. The highest BCUT2D eigenvalue weighted by molar-refractivity contribution is 5.94. The lowest BCUT2D eigenvalue weighted by molar-refractivity contribution is 0.0944. The number of aromatic nitrogens is 2. The van der Waals surface area contributed by atoms with Crippen LogP contribution in [0.3, 0.4) is 0 Å². The van der Waals surface area contributed by atoms with Gasteiger partial charge in [-0.15, -0.1) is 0 Å². The third kappa shape index (κ3) is 7.83. The van der Waals surface area contributed by atoms with Crippen LogP contribution in [0.1, 0.15) is 106 Å². The second-order valence-corrected chi connectivity index (χ2v) is 10.2. The number of carbonyl (C=O) groups excluding carboxylic acids is 1. The predicted octanol–water partition coefficient (Wildman–Crippen LogP) is 7.74. The molecule has 1 N–H and O–H groups in total. The molecule has 0 unspecified atom stereocenters. The van der Waals surface area contributed by atoms with Crippen molar-refractivity contribution in [1.29, 1.82) is 0 Å². The van der Waals surface area contributed by atoms with Crippen LogP contribution in [0.25, 0.3) is 5.65 Å². The van der Waals surface area contributed by atoms with Gasteiger partial charge in [0.15, 0.2) is 0 Å². The summed E-state index contributed by atoms with van der Waals surface area (Å²) in [6.45, 7) is 13.1. The van der Waals surface area contributed by atoms with E-state index in [4.69, 9.17) is 0 Å². The van der Waals surface area contributed by atoms with Crippen molar-refractivity contribution in [3.63, 3.8) is 0 Å². The maximum absolute atomic E-state index is 13.1. The van der Waals surface area contributed by atoms with Crippen LogP contribution in [-0.4, -0.2) is 28.4 Å². The molecule has 0 bridgehead atoms. The molecule has 2 heterocycles. The van der Waals surface area contributed by atoms with E-state index in [-0.39, 0.29) is 5.91 Å². The second kappa shape index (κ2) is 14.8. The number of anilines is 1. The zero-order chi connectivity index (χ0) is 26.6. The van der Waals surface area contributed by atoms with E-state index in [1.165, 1.54) is 50.6 Å². The number of benzene rings is 1. The lowest BCUT2D eigenvalue weighted by Crippen LogP contribution is -2.26. The van der Waals surface area contributed by atoms with Crippen molar-refractivity contribution in [2.75, 3.05) is 18.0 Å². The standard InChI is InChI=1S/C30H42N4O.C2H6/c1-4-19-33(20-9-8-12-24-10-6-7-11-24)26-16-14-25(15-17-26)21-31-30(35)29-27(5-2)32-28-18-13-23(3)22-34(28)29;1-2/h13-18,22,24H,4-12,19-21H2,1-3H3,(H,31,35);1-2H3. The number of unbranched alkanes of at least 4 members (excludes halogenated alkanes) is 1. The van der Waals surface area contributed by atoms with E-state index in [9.17, 15) is 4.79 Å². The number of aryl methyl sites for hydroxylation is 2. The van der Waals surface area contributed by atoms with E-state index in [0.717, 1.165) is 54.3 Å². The molecule has 0 saturated heterocycles. The third-order valence-electron chi connectivity index (χ3n) is 7.40. The first kappa shape index (κ1) is 28.7. The number of rotatable bonds is 12. The number of fused-ring (bicyclic) bond motifs is 1. The minimum Gasteiger partial charge on any atom is -0.372 e. The van der Waals surface area contributed by atoms with Crippen LogP contribution >= 0.6 is 0 Å². The first-order chi connectivity index (χ1) is 18.1. The Balaban J connectivity index is 0.00000186. The summed E-state index contributed by atoms with van der Waals surface area (Å²) in [5, 5.41) is 3.12. The molecule has 1 aliphatic rings. The molecule has 202 valence electrons. The van der Waals surface area contributed by atoms with Crippen LogP contribution in [0, 0.1) is 12.8 Å². The monoisotopic (exact) mass is 504 g/mol. The van der Waals surface area contributed by atoms with E-state index in [1.807, 2.05) is 50.4 Å². The molecule has 2 aromatic heterocycles. The van der Waals surface area contributed by atoms with Gasteiger partial charge in [0.1, 0.15) is 11.3 Å². The Morgan fingerprint density at radius 1 is 1.03 bits per heavy atom. The molecular weight excluding hydrogens is 456 g/mol. The van der Waals surface area contributed by atoms with Gasteiger partial charge in [-0.3, -0.25) is 9.20 Å². The van der Waals surface area contributed by atoms with Crippen LogP contribution in [-0.2, 0) is 13.0 Å². The predicted molar refractivity (Wildman–Crippen MR) is 157 cm³/mol. The van der Waals surface area contributed by atoms with E-state index in [0.29, 0.717) is 12.2 Å². The zero-order valence-corrected chi connectivity index (χ0v) is 23.9. The van der Waals surface area contributed by atoms with Crippen LogP contribution in [0.4, 0.5) is 5.69 Å². The summed E-state index contributed by atoms with van der Waals surface area (Å²) in [5.74, 6) is 0.918. The van der Waals surface area contributed by atoms with Crippen LogP contribution in [0.5, 0.6) is 0 Å². The average Bonchev–Trinajstić information content (AvgIpc) is 3.58. The first-order valence-electron chi connectivity index (χ1n) is 14.7. The Bertz CT molecular complexity index is 1100. The van der Waals surface area contributed by atoms with E-state index in [2.05, 4.69) is 46.4 Å². The maximum atomic E-state index is 13.1. The van der Waals surface area contributed by atoms with Gasteiger partial charge in [-0.25, -0.2) is 4.98 Å². The summed E-state index contributed by atoms with van der Waals surface area (Å²) in [7, 11) is 0. The van der Waals surface area contributed by atoms with Crippen molar-refractivity contribution in [1.82, 2.24) is 14.7 Å². The van der Waals surface area contributed by atoms with E-state index < -0.39 is 0 Å². The molecular formula is C32H48N4O. The molecule has 0 radical (unpaired) electrons. The molecule has 0 atom stereocenters. The van der Waals surface area contributed by atoms with E-state index in [1.54, 1.807) is 0 Å². The van der Waals surface area contributed by atoms with Crippen LogP contribution in [0.15, 0.2) is 42.6 Å². The first-order valence-corrected chi connectivity index (χ1v) is 14.7. The molecule has 0 aliphatic heterocycles. The van der Waals surface area contributed by atoms with Crippen molar-refractivity contribution in [3.05, 3.63) is 65.1 Å². The average molecular weight is 505 g/mol. The summed E-state index contributed by atoms with van der Waals surface area (Å²) < 4.78 is 1.92. The molecule has 1 fully saturated rings. The Hall–Kier alpha value is -2.82. The molecule has 3 aromatic rings. The van der Waals surface area contributed by atoms with Gasteiger partial charge in [0.25, 0.3) is 5.91 Å². The molecule has 0 spiro atoms. The number of carbonyl (C=O) groups is 1. The third-order valence-corrected chi connectivity index (χ3v) is 7.40. The lowest BCUT2D eigenvalue weighted by Gasteiger charge is -2.25. The minimum absolute atomic E-state index is 0.0705. The number of hydrogen-bond acceptors (Lipinski definition) is 3. The summed E-state index contributed by atoms with van der Waals surface area (Å²) in [6.07, 6.45) is 13.7. The zero-order valence-electron chi connectivity index (χ0n) is 23.9. The fraction of sp³-hybridized carbons (Fsp3) is 0.562. The van der Waals surface area contributed by atoms with Gasteiger partial charge in [-0.1, -0.05) is 84.4 Å². The van der Waals surface area contributed by atoms with Gasteiger partial charge in [0, 0.05) is 31.5 Å². The molecule has 4 rings (SSSR count). The number of nitrogens with zero attached hydrogens (tertiary/aromatic N) is 3. The Kier molecular flexibility index (Phi) is 11.5. The lowest BCUT2D eigenvalue weighted by atomic mass is 10.0. The molecule has 1 saturated carbocycles.